The third kappa shape index (κ3) is 2.97. The Morgan fingerprint density at radius 3 is 2.44 bits per heavy atom. The van der Waals surface area contributed by atoms with E-state index in [0.29, 0.717) is 0 Å². The van der Waals surface area contributed by atoms with Crippen LogP contribution in [0.4, 0.5) is 0 Å². The maximum absolute atomic E-state index is 10.6. The number of aliphatic hydroxyl groups is 1. The van der Waals surface area contributed by atoms with Crippen molar-refractivity contribution in [3.05, 3.63) is 41.5 Å². The summed E-state index contributed by atoms with van der Waals surface area (Å²) in [4.78, 5) is 10.6. The lowest BCUT2D eigenvalue weighted by Gasteiger charge is -2.33. The molecule has 0 saturated carbocycles. The van der Waals surface area contributed by atoms with E-state index >= 15 is 0 Å². The Bertz CT molecular complexity index is 445. The molecule has 1 saturated heterocycles. The van der Waals surface area contributed by atoms with Crippen molar-refractivity contribution >= 4 is 12.0 Å². The van der Waals surface area contributed by atoms with Crippen molar-refractivity contribution in [1.29, 1.82) is 0 Å². The molecule has 4 nitrogen and oxygen atoms in total. The van der Waals surface area contributed by atoms with Gasteiger partial charge in [0.05, 0.1) is 5.60 Å². The molecule has 0 radical (unpaired) electrons. The third-order valence-electron chi connectivity index (χ3n) is 3.32. The van der Waals surface area contributed by atoms with Crippen molar-refractivity contribution in [2.24, 2.45) is 5.73 Å². The molecule has 0 unspecified atom stereocenters. The van der Waals surface area contributed by atoms with Crippen LogP contribution >= 0.6 is 0 Å². The molecule has 0 aromatic heterocycles. The lowest BCUT2D eigenvalue weighted by molar-refractivity contribution is -0.113. The summed E-state index contributed by atoms with van der Waals surface area (Å²) in [5, 5.41) is 13.8. The van der Waals surface area contributed by atoms with Gasteiger partial charge in [-0.25, -0.2) is 0 Å². The van der Waals surface area contributed by atoms with Gasteiger partial charge in [0, 0.05) is 6.08 Å². The van der Waals surface area contributed by atoms with E-state index < -0.39 is 11.5 Å². The summed E-state index contributed by atoms with van der Waals surface area (Å²) in [6, 6.07) is 7.58. The molecule has 0 aliphatic carbocycles. The number of rotatable bonds is 3. The van der Waals surface area contributed by atoms with Crippen LogP contribution in [-0.4, -0.2) is 24.1 Å². The van der Waals surface area contributed by atoms with Crippen molar-refractivity contribution in [3.8, 4) is 0 Å². The average Bonchev–Trinajstić information content (AvgIpc) is 2.38. The molecule has 1 heterocycles. The van der Waals surface area contributed by atoms with Gasteiger partial charge in [-0.2, -0.15) is 0 Å². The van der Waals surface area contributed by atoms with Crippen LogP contribution in [0, 0.1) is 0 Å². The van der Waals surface area contributed by atoms with Gasteiger partial charge in [0.1, 0.15) is 0 Å². The van der Waals surface area contributed by atoms with Crippen LogP contribution in [-0.2, 0) is 10.4 Å². The summed E-state index contributed by atoms with van der Waals surface area (Å²) >= 11 is 0. The highest BCUT2D eigenvalue weighted by Crippen LogP contribution is 2.30. The molecule has 0 atom stereocenters. The Morgan fingerprint density at radius 2 is 1.89 bits per heavy atom. The molecule has 1 fully saturated rings. The van der Waals surface area contributed by atoms with Crippen molar-refractivity contribution in [2.75, 3.05) is 13.1 Å². The minimum atomic E-state index is -0.725. The zero-order chi connectivity index (χ0) is 13.0. The largest absolute Gasteiger partial charge is 0.385 e. The van der Waals surface area contributed by atoms with Crippen molar-refractivity contribution < 1.29 is 9.90 Å². The molecule has 0 spiro atoms. The number of carbonyl (C=O) groups is 1. The fourth-order valence-corrected chi connectivity index (χ4v) is 2.21. The summed E-state index contributed by atoms with van der Waals surface area (Å²) in [5.74, 6) is -0.462. The molecule has 96 valence electrons. The van der Waals surface area contributed by atoms with Crippen LogP contribution in [0.1, 0.15) is 24.0 Å². The first-order valence-electron chi connectivity index (χ1n) is 6.11. The second kappa shape index (κ2) is 5.33. The number of nitrogens with one attached hydrogen (secondary N) is 1. The van der Waals surface area contributed by atoms with E-state index in [9.17, 15) is 9.90 Å². The Hall–Kier alpha value is -1.65. The quantitative estimate of drug-likeness (QED) is 0.689. The summed E-state index contributed by atoms with van der Waals surface area (Å²) in [5.41, 5.74) is 6.14. The van der Waals surface area contributed by atoms with Crippen LogP contribution in [0.2, 0.25) is 0 Å². The molecule has 1 aliphatic rings. The number of piperidine rings is 1. The zero-order valence-electron chi connectivity index (χ0n) is 10.2. The van der Waals surface area contributed by atoms with E-state index in [0.717, 1.165) is 37.1 Å². The van der Waals surface area contributed by atoms with E-state index in [4.69, 9.17) is 5.73 Å². The van der Waals surface area contributed by atoms with Gasteiger partial charge in [-0.15, -0.1) is 0 Å². The predicted molar refractivity (Wildman–Crippen MR) is 70.7 cm³/mol. The lowest BCUT2D eigenvalue weighted by atomic mass is 9.85. The number of amides is 1. The van der Waals surface area contributed by atoms with Crippen molar-refractivity contribution in [3.63, 3.8) is 0 Å². The SMILES string of the molecule is NC(=O)C=Cc1ccc(C2(O)CCNCC2)cc1. The second-order valence-electron chi connectivity index (χ2n) is 4.64. The maximum atomic E-state index is 10.6. The summed E-state index contributed by atoms with van der Waals surface area (Å²) in [6.07, 6.45) is 4.44. The molecular weight excluding hydrogens is 228 g/mol. The molecule has 1 aromatic rings. The number of nitrogens with two attached hydrogens (primary N) is 1. The van der Waals surface area contributed by atoms with Gasteiger partial charge in [-0.05, 0) is 43.1 Å². The Kier molecular flexibility index (Phi) is 3.79. The number of benzene rings is 1. The van der Waals surface area contributed by atoms with Crippen LogP contribution in [0.3, 0.4) is 0 Å². The highest BCUT2D eigenvalue weighted by molar-refractivity contribution is 5.90. The first-order valence-corrected chi connectivity index (χ1v) is 6.11. The molecular formula is C14H18N2O2. The van der Waals surface area contributed by atoms with Crippen molar-refractivity contribution in [1.82, 2.24) is 5.32 Å². The highest BCUT2D eigenvalue weighted by atomic mass is 16.3. The van der Waals surface area contributed by atoms with Gasteiger partial charge < -0.3 is 16.2 Å². The van der Waals surface area contributed by atoms with Gasteiger partial charge >= 0.3 is 0 Å². The molecule has 18 heavy (non-hydrogen) atoms. The standard InChI is InChI=1S/C14H18N2O2/c15-13(17)6-3-11-1-4-12(5-2-11)14(18)7-9-16-10-8-14/h1-6,16,18H,7-10H2,(H2,15,17). The third-order valence-corrected chi connectivity index (χ3v) is 3.32. The van der Waals surface area contributed by atoms with Crippen LogP contribution in [0.5, 0.6) is 0 Å². The molecule has 4 N–H and O–H groups in total. The van der Waals surface area contributed by atoms with Crippen molar-refractivity contribution in [2.45, 2.75) is 18.4 Å². The molecule has 0 bridgehead atoms. The fraction of sp³-hybridized carbons (Fsp3) is 0.357. The lowest BCUT2D eigenvalue weighted by Crippen LogP contribution is -2.39. The van der Waals surface area contributed by atoms with E-state index in [1.165, 1.54) is 6.08 Å². The normalized spacial score (nSPS) is 18.9. The average molecular weight is 246 g/mol. The van der Waals surface area contributed by atoms with Crippen LogP contribution in [0.15, 0.2) is 30.3 Å². The summed E-state index contributed by atoms with van der Waals surface area (Å²) in [6.45, 7) is 1.67. The van der Waals surface area contributed by atoms with Crippen LogP contribution in [0.25, 0.3) is 6.08 Å². The Balaban J connectivity index is 2.14. The number of hydrogen-bond donors (Lipinski definition) is 3. The molecule has 1 aromatic carbocycles. The van der Waals surface area contributed by atoms with E-state index in [2.05, 4.69) is 5.32 Å². The zero-order valence-corrected chi connectivity index (χ0v) is 10.2. The smallest absolute Gasteiger partial charge is 0.241 e. The minimum Gasteiger partial charge on any atom is -0.385 e. The number of primary amides is 1. The van der Waals surface area contributed by atoms with Gasteiger partial charge in [0.2, 0.25) is 5.91 Å². The minimum absolute atomic E-state index is 0.462. The van der Waals surface area contributed by atoms with Gasteiger partial charge in [0.25, 0.3) is 0 Å². The van der Waals surface area contributed by atoms with Gasteiger partial charge in [0.15, 0.2) is 0 Å². The topological polar surface area (TPSA) is 75.4 Å². The number of hydrogen-bond acceptors (Lipinski definition) is 3. The Labute approximate surface area is 107 Å². The first-order chi connectivity index (χ1) is 8.60. The monoisotopic (exact) mass is 246 g/mol. The molecule has 1 amide bonds. The molecule has 2 rings (SSSR count). The summed E-state index contributed by atoms with van der Waals surface area (Å²) in [7, 11) is 0. The number of carbonyl (C=O) groups excluding carboxylic acids is 1. The van der Waals surface area contributed by atoms with E-state index in [-0.39, 0.29) is 0 Å². The van der Waals surface area contributed by atoms with Gasteiger partial charge in [-0.1, -0.05) is 24.3 Å². The maximum Gasteiger partial charge on any atom is 0.241 e. The fourth-order valence-electron chi connectivity index (χ4n) is 2.21. The predicted octanol–water partition coefficient (Wildman–Crippen LogP) is 0.756. The highest BCUT2D eigenvalue weighted by Gasteiger charge is 2.30. The van der Waals surface area contributed by atoms with E-state index in [1.807, 2.05) is 24.3 Å². The van der Waals surface area contributed by atoms with E-state index in [1.54, 1.807) is 6.08 Å². The second-order valence-corrected chi connectivity index (χ2v) is 4.64. The molecule has 4 heteroatoms. The van der Waals surface area contributed by atoms with Crippen LogP contribution < -0.4 is 11.1 Å². The Morgan fingerprint density at radius 1 is 1.28 bits per heavy atom. The molecule has 1 aliphatic heterocycles. The first kappa shape index (κ1) is 12.8. The van der Waals surface area contributed by atoms with Gasteiger partial charge in [-0.3, -0.25) is 4.79 Å². The summed E-state index contributed by atoms with van der Waals surface area (Å²) < 4.78 is 0.